The van der Waals surface area contributed by atoms with Crippen LogP contribution in [0.4, 0.5) is 0 Å². The quantitative estimate of drug-likeness (QED) is 0.484. The summed E-state index contributed by atoms with van der Waals surface area (Å²) in [7, 11) is 0. The molecule has 1 unspecified atom stereocenters. The smallest absolute Gasteiger partial charge is 0.137 e. The number of morpholine rings is 1. The van der Waals surface area contributed by atoms with E-state index in [-0.39, 0.29) is 24.0 Å². The van der Waals surface area contributed by atoms with Crippen LogP contribution in [0, 0.1) is 0 Å². The molecule has 1 aliphatic rings. The lowest BCUT2D eigenvalue weighted by Crippen LogP contribution is -3.00. The van der Waals surface area contributed by atoms with E-state index in [1.807, 2.05) is 24.3 Å². The molecule has 0 bridgehead atoms. The van der Waals surface area contributed by atoms with Gasteiger partial charge in [-0.25, -0.2) is 0 Å². The first-order valence-electron chi connectivity index (χ1n) is 8.83. The lowest BCUT2D eigenvalue weighted by molar-refractivity contribution is -0.956. The zero-order valence-corrected chi connectivity index (χ0v) is 17.2. The number of hydrogen-bond donors (Lipinski definition) is 1. The second-order valence-corrected chi connectivity index (χ2v) is 7.00. The Bertz CT molecular complexity index is 666. The van der Waals surface area contributed by atoms with Crippen molar-refractivity contribution in [2.24, 2.45) is 0 Å². The molecule has 1 saturated heterocycles. The molecule has 138 valence electrons. The SMILES string of the molecule is CC(C)[N+]1(CC(O)COc2cccc3ccccc23)CCOCC1.[I-]. The fourth-order valence-corrected chi connectivity index (χ4v) is 3.60. The molecule has 0 radical (unpaired) electrons. The van der Waals surface area contributed by atoms with E-state index in [0.717, 1.165) is 47.3 Å². The molecule has 1 fully saturated rings. The first-order chi connectivity index (χ1) is 11.6. The van der Waals surface area contributed by atoms with Gasteiger partial charge in [-0.15, -0.1) is 0 Å². The molecule has 1 aliphatic heterocycles. The highest BCUT2D eigenvalue weighted by atomic mass is 127. The van der Waals surface area contributed by atoms with E-state index in [1.54, 1.807) is 0 Å². The fraction of sp³-hybridized carbons (Fsp3) is 0.500. The van der Waals surface area contributed by atoms with Crippen LogP contribution >= 0.6 is 0 Å². The largest absolute Gasteiger partial charge is 1.00 e. The second kappa shape index (κ2) is 9.16. The van der Waals surface area contributed by atoms with Crippen LogP contribution in [0.2, 0.25) is 0 Å². The van der Waals surface area contributed by atoms with Crippen molar-refractivity contribution in [1.82, 2.24) is 0 Å². The highest BCUT2D eigenvalue weighted by Crippen LogP contribution is 2.25. The number of benzene rings is 2. The van der Waals surface area contributed by atoms with Crippen molar-refractivity contribution in [1.29, 1.82) is 0 Å². The summed E-state index contributed by atoms with van der Waals surface area (Å²) < 4.78 is 12.4. The number of quaternary nitrogens is 1. The predicted molar refractivity (Wildman–Crippen MR) is 96.3 cm³/mol. The average molecular weight is 457 g/mol. The van der Waals surface area contributed by atoms with Crippen LogP contribution in [0.25, 0.3) is 10.8 Å². The van der Waals surface area contributed by atoms with Crippen LogP contribution in [0.3, 0.4) is 0 Å². The molecule has 3 rings (SSSR count). The average Bonchev–Trinajstić information content (AvgIpc) is 2.60. The van der Waals surface area contributed by atoms with Crippen molar-refractivity contribution < 1.29 is 43.0 Å². The molecule has 2 aromatic carbocycles. The van der Waals surface area contributed by atoms with Gasteiger partial charge in [0.05, 0.1) is 19.3 Å². The number of aliphatic hydroxyl groups is 1. The molecule has 0 spiro atoms. The molecule has 0 aliphatic carbocycles. The minimum Gasteiger partial charge on any atom is -1.00 e. The van der Waals surface area contributed by atoms with E-state index in [4.69, 9.17) is 9.47 Å². The molecule has 25 heavy (non-hydrogen) atoms. The van der Waals surface area contributed by atoms with Gasteiger partial charge in [-0.05, 0) is 25.3 Å². The maximum absolute atomic E-state index is 10.6. The van der Waals surface area contributed by atoms with Gasteiger partial charge >= 0.3 is 0 Å². The number of aliphatic hydroxyl groups excluding tert-OH is 1. The van der Waals surface area contributed by atoms with Gasteiger partial charge < -0.3 is 43.0 Å². The third kappa shape index (κ3) is 4.84. The Morgan fingerprint density at radius 3 is 2.48 bits per heavy atom. The fourth-order valence-electron chi connectivity index (χ4n) is 3.60. The molecule has 1 heterocycles. The van der Waals surface area contributed by atoms with Gasteiger partial charge in [0, 0.05) is 5.39 Å². The van der Waals surface area contributed by atoms with Crippen LogP contribution in [-0.4, -0.2) is 61.2 Å². The highest BCUT2D eigenvalue weighted by Gasteiger charge is 2.35. The summed E-state index contributed by atoms with van der Waals surface area (Å²) in [5.41, 5.74) is 0. The van der Waals surface area contributed by atoms with Gasteiger partial charge in [0.2, 0.25) is 0 Å². The van der Waals surface area contributed by atoms with E-state index in [2.05, 4.69) is 32.0 Å². The van der Waals surface area contributed by atoms with Crippen molar-refractivity contribution in [3.05, 3.63) is 42.5 Å². The molecule has 0 aromatic heterocycles. The van der Waals surface area contributed by atoms with Gasteiger partial charge in [-0.2, -0.15) is 0 Å². The van der Waals surface area contributed by atoms with Crippen LogP contribution in [0.5, 0.6) is 5.75 Å². The van der Waals surface area contributed by atoms with Crippen molar-refractivity contribution in [2.75, 3.05) is 39.5 Å². The van der Waals surface area contributed by atoms with E-state index in [1.165, 1.54) is 0 Å². The normalized spacial score (nSPS) is 17.9. The van der Waals surface area contributed by atoms with Gasteiger partial charge in [0.15, 0.2) is 0 Å². The Labute approximate surface area is 167 Å². The van der Waals surface area contributed by atoms with Crippen LogP contribution in [-0.2, 0) is 4.74 Å². The van der Waals surface area contributed by atoms with Crippen molar-refractivity contribution >= 4 is 10.8 Å². The van der Waals surface area contributed by atoms with Crippen molar-refractivity contribution in [2.45, 2.75) is 26.0 Å². The summed E-state index contributed by atoms with van der Waals surface area (Å²) in [6, 6.07) is 14.7. The molecule has 5 heteroatoms. The number of ether oxygens (including phenoxy) is 2. The number of nitrogens with zero attached hydrogens (tertiary/aromatic N) is 1. The molecular weight excluding hydrogens is 429 g/mol. The van der Waals surface area contributed by atoms with Crippen LogP contribution in [0.15, 0.2) is 42.5 Å². The zero-order valence-electron chi connectivity index (χ0n) is 15.0. The molecule has 1 N–H and O–H groups in total. The third-order valence-corrected chi connectivity index (χ3v) is 5.21. The number of hydrogen-bond acceptors (Lipinski definition) is 3. The maximum atomic E-state index is 10.6. The molecule has 4 nitrogen and oxygen atoms in total. The van der Waals surface area contributed by atoms with Gasteiger partial charge in [-0.3, -0.25) is 0 Å². The van der Waals surface area contributed by atoms with Gasteiger partial charge in [0.25, 0.3) is 0 Å². The third-order valence-electron chi connectivity index (χ3n) is 5.21. The van der Waals surface area contributed by atoms with Crippen molar-refractivity contribution in [3.8, 4) is 5.75 Å². The zero-order chi connectivity index (χ0) is 17.0. The number of fused-ring (bicyclic) bond motifs is 1. The predicted octanol–water partition coefficient (Wildman–Crippen LogP) is -0.161. The first kappa shape index (κ1) is 20.4. The standard InChI is InChI=1S/C20H28NO3.HI/c1-16(2)21(10-12-23-13-11-21)14-18(22)15-24-20-9-5-7-17-6-3-4-8-19(17)20;/h3-9,16,18,22H,10-15H2,1-2H3;1H/q+1;/p-1. The minimum absolute atomic E-state index is 0. The number of rotatable bonds is 6. The van der Waals surface area contributed by atoms with Crippen LogP contribution < -0.4 is 28.7 Å². The summed E-state index contributed by atoms with van der Waals surface area (Å²) in [6.07, 6.45) is -0.482. The lowest BCUT2D eigenvalue weighted by atomic mass is 10.1. The molecular formula is C20H28INO3. The van der Waals surface area contributed by atoms with Crippen LogP contribution in [0.1, 0.15) is 13.8 Å². The molecule has 2 aromatic rings. The van der Waals surface area contributed by atoms with Gasteiger partial charge in [-0.1, -0.05) is 36.4 Å². The summed E-state index contributed by atoms with van der Waals surface area (Å²) in [6.45, 7) is 8.96. The van der Waals surface area contributed by atoms with E-state index in [0.29, 0.717) is 19.2 Å². The van der Waals surface area contributed by atoms with E-state index >= 15 is 0 Å². The molecule has 0 amide bonds. The highest BCUT2D eigenvalue weighted by molar-refractivity contribution is 5.88. The molecule has 0 saturated carbocycles. The summed E-state index contributed by atoms with van der Waals surface area (Å²) in [4.78, 5) is 0. The van der Waals surface area contributed by atoms with Gasteiger partial charge in [0.1, 0.15) is 38.1 Å². The summed E-state index contributed by atoms with van der Waals surface area (Å²) in [5, 5.41) is 12.8. The molecule has 1 atom stereocenters. The summed E-state index contributed by atoms with van der Waals surface area (Å²) >= 11 is 0. The Kier molecular flexibility index (Phi) is 7.49. The number of halogens is 1. The second-order valence-electron chi connectivity index (χ2n) is 7.00. The van der Waals surface area contributed by atoms with E-state index < -0.39 is 6.10 Å². The Hall–Kier alpha value is -0.890. The first-order valence-corrected chi connectivity index (χ1v) is 8.83. The maximum Gasteiger partial charge on any atom is 0.137 e. The topological polar surface area (TPSA) is 38.7 Å². The summed E-state index contributed by atoms with van der Waals surface area (Å²) in [5.74, 6) is 0.838. The van der Waals surface area contributed by atoms with E-state index in [9.17, 15) is 5.11 Å². The minimum atomic E-state index is -0.482. The van der Waals surface area contributed by atoms with Crippen molar-refractivity contribution in [3.63, 3.8) is 0 Å². The Balaban J connectivity index is 0.00000225. The Morgan fingerprint density at radius 1 is 1.08 bits per heavy atom. The Morgan fingerprint density at radius 2 is 1.76 bits per heavy atom. The monoisotopic (exact) mass is 457 g/mol. The lowest BCUT2D eigenvalue weighted by Gasteiger charge is -2.45.